The molecule has 0 radical (unpaired) electrons. The van der Waals surface area contributed by atoms with E-state index >= 15 is 0 Å². The van der Waals surface area contributed by atoms with Crippen LogP contribution in [0, 0.1) is 0 Å². The first-order chi connectivity index (χ1) is 16.6. The molecular formula is C29H33NO4. The van der Waals surface area contributed by atoms with Gasteiger partial charge in [0.05, 0.1) is 7.11 Å². The van der Waals surface area contributed by atoms with Gasteiger partial charge in [-0.25, -0.2) is 0 Å². The van der Waals surface area contributed by atoms with Crippen LogP contribution >= 0.6 is 0 Å². The molecule has 0 aromatic heterocycles. The SMILES string of the molecule is COc1cc(O)cc2c1[C@@H](c1ccc(OCCN3CCCC3)cc1)[C@@H](c1ccc(O)cc1)CC2. The van der Waals surface area contributed by atoms with Gasteiger partial charge in [0.25, 0.3) is 0 Å². The molecule has 5 rings (SSSR count). The number of rotatable bonds is 7. The molecule has 1 aliphatic heterocycles. The summed E-state index contributed by atoms with van der Waals surface area (Å²) in [6.45, 7) is 4.04. The van der Waals surface area contributed by atoms with Crippen molar-refractivity contribution in [1.29, 1.82) is 0 Å². The number of hydrogen-bond acceptors (Lipinski definition) is 5. The molecule has 178 valence electrons. The van der Waals surface area contributed by atoms with Crippen LogP contribution in [0.25, 0.3) is 0 Å². The molecule has 0 unspecified atom stereocenters. The number of nitrogens with zero attached hydrogens (tertiary/aromatic N) is 1. The standard InChI is InChI=1S/C29H33NO4/c1-33-27-19-24(32)18-22-8-13-26(20-4-9-23(31)10-5-20)28(29(22)27)21-6-11-25(12-7-21)34-17-16-30-14-2-3-15-30/h4-7,9-12,18-19,26,28,31-32H,2-3,8,13-17H2,1H3/t26-,28+/m1/s1. The van der Waals surface area contributed by atoms with E-state index in [-0.39, 0.29) is 23.3 Å². The number of aryl methyl sites for hydroxylation is 1. The van der Waals surface area contributed by atoms with Gasteiger partial charge in [0.1, 0.15) is 29.6 Å². The van der Waals surface area contributed by atoms with Crippen molar-refractivity contribution in [2.24, 2.45) is 0 Å². The zero-order chi connectivity index (χ0) is 23.5. The molecule has 3 aromatic carbocycles. The van der Waals surface area contributed by atoms with Gasteiger partial charge in [-0.2, -0.15) is 0 Å². The zero-order valence-corrected chi connectivity index (χ0v) is 19.7. The smallest absolute Gasteiger partial charge is 0.126 e. The number of aromatic hydroxyl groups is 2. The summed E-state index contributed by atoms with van der Waals surface area (Å²) in [5.74, 6) is 2.41. The lowest BCUT2D eigenvalue weighted by atomic mass is 9.69. The van der Waals surface area contributed by atoms with Crippen molar-refractivity contribution < 1.29 is 19.7 Å². The van der Waals surface area contributed by atoms with Gasteiger partial charge in [-0.05, 0) is 91.7 Å². The van der Waals surface area contributed by atoms with Crippen molar-refractivity contribution in [1.82, 2.24) is 4.90 Å². The van der Waals surface area contributed by atoms with Crippen LogP contribution in [0.2, 0.25) is 0 Å². The number of ether oxygens (including phenoxy) is 2. The fourth-order valence-electron chi connectivity index (χ4n) is 5.63. The van der Waals surface area contributed by atoms with Crippen LogP contribution in [0.3, 0.4) is 0 Å². The molecule has 0 spiro atoms. The van der Waals surface area contributed by atoms with E-state index < -0.39 is 0 Å². The monoisotopic (exact) mass is 459 g/mol. The molecule has 1 heterocycles. The minimum Gasteiger partial charge on any atom is -0.508 e. The number of methoxy groups -OCH3 is 1. The highest BCUT2D eigenvalue weighted by atomic mass is 16.5. The van der Waals surface area contributed by atoms with E-state index in [0.29, 0.717) is 6.61 Å². The van der Waals surface area contributed by atoms with Crippen LogP contribution in [0.1, 0.15) is 53.4 Å². The molecular weight excluding hydrogens is 426 g/mol. The highest BCUT2D eigenvalue weighted by molar-refractivity contribution is 5.55. The third kappa shape index (κ3) is 4.71. The predicted molar refractivity (Wildman–Crippen MR) is 133 cm³/mol. The van der Waals surface area contributed by atoms with Gasteiger partial charge in [0.2, 0.25) is 0 Å². The maximum Gasteiger partial charge on any atom is 0.126 e. The average Bonchev–Trinajstić information content (AvgIpc) is 3.37. The third-order valence-corrected chi connectivity index (χ3v) is 7.31. The lowest BCUT2D eigenvalue weighted by molar-refractivity contribution is 0.237. The summed E-state index contributed by atoms with van der Waals surface area (Å²) in [5.41, 5.74) is 4.64. The number of hydrogen-bond donors (Lipinski definition) is 2. The van der Waals surface area contributed by atoms with E-state index in [0.717, 1.165) is 42.0 Å². The van der Waals surface area contributed by atoms with Crippen molar-refractivity contribution in [3.05, 3.63) is 82.9 Å². The zero-order valence-electron chi connectivity index (χ0n) is 19.7. The topological polar surface area (TPSA) is 62.2 Å². The summed E-state index contributed by atoms with van der Waals surface area (Å²) in [5, 5.41) is 20.1. The molecule has 5 nitrogen and oxygen atoms in total. The quantitative estimate of drug-likeness (QED) is 0.492. The Morgan fingerprint density at radius 3 is 2.29 bits per heavy atom. The number of likely N-dealkylation sites (tertiary alicyclic amines) is 1. The number of phenolic OH excluding ortho intramolecular Hbond substituents is 2. The van der Waals surface area contributed by atoms with E-state index in [4.69, 9.17) is 9.47 Å². The molecule has 2 N–H and O–H groups in total. The minimum absolute atomic E-state index is 0.0718. The highest BCUT2D eigenvalue weighted by Crippen LogP contribution is 2.50. The van der Waals surface area contributed by atoms with Crippen LogP contribution < -0.4 is 9.47 Å². The fourth-order valence-corrected chi connectivity index (χ4v) is 5.63. The lowest BCUT2D eigenvalue weighted by Gasteiger charge is -2.35. The van der Waals surface area contributed by atoms with Crippen molar-refractivity contribution >= 4 is 0 Å². The molecule has 0 amide bonds. The van der Waals surface area contributed by atoms with Gasteiger partial charge in [-0.3, -0.25) is 4.90 Å². The second kappa shape index (κ2) is 9.98. The molecule has 1 saturated heterocycles. The number of phenols is 2. The first kappa shape index (κ1) is 22.6. The summed E-state index contributed by atoms with van der Waals surface area (Å²) in [7, 11) is 1.66. The van der Waals surface area contributed by atoms with Crippen LogP contribution in [-0.4, -0.2) is 48.5 Å². The largest absolute Gasteiger partial charge is 0.508 e. The van der Waals surface area contributed by atoms with Crippen molar-refractivity contribution in [3.63, 3.8) is 0 Å². The second-order valence-corrected chi connectivity index (χ2v) is 9.40. The summed E-state index contributed by atoms with van der Waals surface area (Å²) in [6, 6.07) is 19.6. The van der Waals surface area contributed by atoms with E-state index in [2.05, 4.69) is 29.2 Å². The number of fused-ring (bicyclic) bond motifs is 1. The predicted octanol–water partition coefficient (Wildman–Crippen LogP) is 5.44. The highest BCUT2D eigenvalue weighted by Gasteiger charge is 2.35. The third-order valence-electron chi connectivity index (χ3n) is 7.31. The van der Waals surface area contributed by atoms with Gasteiger partial charge in [0, 0.05) is 24.1 Å². The Morgan fingerprint density at radius 1 is 0.882 bits per heavy atom. The van der Waals surface area contributed by atoms with Crippen LogP contribution in [0.15, 0.2) is 60.7 Å². The number of benzene rings is 3. The van der Waals surface area contributed by atoms with E-state index in [9.17, 15) is 10.2 Å². The normalized spacial score (nSPS) is 20.1. The Balaban J connectivity index is 1.45. The first-order valence-electron chi connectivity index (χ1n) is 12.3. The molecule has 0 saturated carbocycles. The van der Waals surface area contributed by atoms with E-state index in [1.807, 2.05) is 18.2 Å². The van der Waals surface area contributed by atoms with Crippen molar-refractivity contribution in [2.45, 2.75) is 37.5 Å². The molecule has 34 heavy (non-hydrogen) atoms. The first-order valence-corrected chi connectivity index (χ1v) is 12.3. The summed E-state index contributed by atoms with van der Waals surface area (Å²) in [4.78, 5) is 2.46. The van der Waals surface area contributed by atoms with E-state index in [1.54, 1.807) is 25.3 Å². The maximum absolute atomic E-state index is 10.2. The molecule has 2 atom stereocenters. The van der Waals surface area contributed by atoms with Crippen LogP contribution in [0.5, 0.6) is 23.0 Å². The summed E-state index contributed by atoms with van der Waals surface area (Å²) in [6.07, 6.45) is 4.39. The van der Waals surface area contributed by atoms with Crippen molar-refractivity contribution in [3.8, 4) is 23.0 Å². The molecule has 2 aliphatic rings. The fraction of sp³-hybridized carbons (Fsp3) is 0.379. The van der Waals surface area contributed by atoms with Crippen LogP contribution in [0.4, 0.5) is 0 Å². The van der Waals surface area contributed by atoms with Gasteiger partial charge in [-0.1, -0.05) is 24.3 Å². The minimum atomic E-state index is 0.0718. The molecule has 5 heteroatoms. The van der Waals surface area contributed by atoms with Gasteiger partial charge in [-0.15, -0.1) is 0 Å². The van der Waals surface area contributed by atoms with Crippen LogP contribution in [-0.2, 0) is 6.42 Å². The van der Waals surface area contributed by atoms with Gasteiger partial charge >= 0.3 is 0 Å². The molecule has 0 bridgehead atoms. The molecule has 1 aliphatic carbocycles. The average molecular weight is 460 g/mol. The Labute approximate surface area is 201 Å². The second-order valence-electron chi connectivity index (χ2n) is 9.40. The Morgan fingerprint density at radius 2 is 1.59 bits per heavy atom. The Hall–Kier alpha value is -3.18. The maximum atomic E-state index is 10.2. The van der Waals surface area contributed by atoms with E-state index in [1.165, 1.54) is 37.1 Å². The van der Waals surface area contributed by atoms with Gasteiger partial charge in [0.15, 0.2) is 0 Å². The van der Waals surface area contributed by atoms with Gasteiger partial charge < -0.3 is 19.7 Å². The Bertz CT molecular complexity index is 1090. The molecule has 1 fully saturated rings. The Kier molecular flexibility index (Phi) is 6.63. The molecule has 3 aromatic rings. The van der Waals surface area contributed by atoms with Crippen molar-refractivity contribution in [2.75, 3.05) is 33.4 Å². The lowest BCUT2D eigenvalue weighted by Crippen LogP contribution is -2.25. The summed E-state index contributed by atoms with van der Waals surface area (Å²) >= 11 is 0. The summed E-state index contributed by atoms with van der Waals surface area (Å²) < 4.78 is 11.8.